The van der Waals surface area contributed by atoms with Gasteiger partial charge in [-0.2, -0.15) is 0 Å². The van der Waals surface area contributed by atoms with E-state index in [0.717, 1.165) is 18.3 Å². The maximum Gasteiger partial charge on any atom is 0.196 e. The summed E-state index contributed by atoms with van der Waals surface area (Å²) in [5, 5.41) is 10.2. The van der Waals surface area contributed by atoms with Crippen LogP contribution in [0.15, 0.2) is 12.8 Å². The summed E-state index contributed by atoms with van der Waals surface area (Å²) in [5.74, 6) is 2.90. The smallest absolute Gasteiger partial charge is 0.196 e. The zero-order valence-corrected chi connectivity index (χ0v) is 10.4. The molecule has 0 aromatic heterocycles. The molecule has 2 bridgehead atoms. The molecule has 3 nitrogen and oxygen atoms in total. The molecule has 3 heteroatoms. The highest BCUT2D eigenvalue weighted by atomic mass is 16.7. The Bertz CT molecular complexity index is 304. The van der Waals surface area contributed by atoms with E-state index < -0.39 is 0 Å². The molecule has 0 aromatic rings. The highest BCUT2D eigenvalue weighted by Crippen LogP contribution is 2.59. The van der Waals surface area contributed by atoms with E-state index in [2.05, 4.69) is 6.58 Å². The van der Waals surface area contributed by atoms with Crippen LogP contribution in [-0.4, -0.2) is 23.6 Å². The van der Waals surface area contributed by atoms with Crippen LogP contribution in [0.1, 0.15) is 32.6 Å². The lowest BCUT2D eigenvalue weighted by Gasteiger charge is -2.30. The van der Waals surface area contributed by atoms with E-state index in [4.69, 9.17) is 9.47 Å². The molecule has 17 heavy (non-hydrogen) atoms. The van der Waals surface area contributed by atoms with Gasteiger partial charge in [-0.15, -0.1) is 0 Å². The largest absolute Gasteiger partial charge is 0.473 e. The first kappa shape index (κ1) is 11.5. The third-order valence-electron chi connectivity index (χ3n) is 5.07. The van der Waals surface area contributed by atoms with Crippen molar-refractivity contribution in [3.63, 3.8) is 0 Å². The van der Waals surface area contributed by atoms with Gasteiger partial charge in [-0.05, 0) is 56.3 Å². The standard InChI is InChI=1S/C14H22O3/c1-3-16-8(2)17-14-12(15)7-11-9-4-5-10(6-9)13(11)14/h3,8-15H,1,4-7H2,2H3. The minimum atomic E-state index is -0.302. The number of hydrogen-bond donors (Lipinski definition) is 1. The molecule has 7 atom stereocenters. The summed E-state index contributed by atoms with van der Waals surface area (Å²) in [5.41, 5.74) is 0. The number of aliphatic hydroxyl groups is 1. The van der Waals surface area contributed by atoms with Crippen molar-refractivity contribution in [2.24, 2.45) is 23.7 Å². The second-order valence-corrected chi connectivity index (χ2v) is 5.85. The van der Waals surface area contributed by atoms with Crippen LogP contribution >= 0.6 is 0 Å². The van der Waals surface area contributed by atoms with Crippen LogP contribution in [0.3, 0.4) is 0 Å². The van der Waals surface area contributed by atoms with E-state index in [1.807, 2.05) is 6.92 Å². The van der Waals surface area contributed by atoms with Crippen LogP contribution in [0.2, 0.25) is 0 Å². The molecule has 0 saturated heterocycles. The van der Waals surface area contributed by atoms with Gasteiger partial charge in [0.05, 0.1) is 18.5 Å². The fourth-order valence-electron chi connectivity index (χ4n) is 4.56. The van der Waals surface area contributed by atoms with Crippen molar-refractivity contribution in [3.05, 3.63) is 12.8 Å². The first-order valence-electron chi connectivity index (χ1n) is 6.80. The Hall–Kier alpha value is -0.540. The highest BCUT2D eigenvalue weighted by molar-refractivity contribution is 5.06. The van der Waals surface area contributed by atoms with Crippen molar-refractivity contribution >= 4 is 0 Å². The Balaban J connectivity index is 1.69. The SMILES string of the molecule is C=COC(C)OC1C(O)CC2C3CCC(C3)C21. The molecular weight excluding hydrogens is 216 g/mol. The van der Waals surface area contributed by atoms with Gasteiger partial charge < -0.3 is 14.6 Å². The molecule has 1 N–H and O–H groups in total. The number of rotatable bonds is 4. The van der Waals surface area contributed by atoms with Crippen LogP contribution in [-0.2, 0) is 9.47 Å². The minimum Gasteiger partial charge on any atom is -0.473 e. The van der Waals surface area contributed by atoms with Crippen molar-refractivity contribution in [2.45, 2.75) is 51.1 Å². The molecule has 3 aliphatic rings. The molecule has 96 valence electrons. The Kier molecular flexibility index (Phi) is 2.91. The van der Waals surface area contributed by atoms with Gasteiger partial charge in [0.15, 0.2) is 6.29 Å². The van der Waals surface area contributed by atoms with Crippen LogP contribution in [0.25, 0.3) is 0 Å². The molecule has 3 rings (SSSR count). The molecule has 7 unspecified atom stereocenters. The summed E-state index contributed by atoms with van der Waals surface area (Å²) in [6.07, 6.45) is 5.76. The van der Waals surface area contributed by atoms with Gasteiger partial charge >= 0.3 is 0 Å². The Morgan fingerprint density at radius 2 is 2.06 bits per heavy atom. The number of hydrogen-bond acceptors (Lipinski definition) is 3. The van der Waals surface area contributed by atoms with Gasteiger partial charge in [-0.1, -0.05) is 6.58 Å². The van der Waals surface area contributed by atoms with E-state index in [1.54, 1.807) is 0 Å². The van der Waals surface area contributed by atoms with E-state index in [9.17, 15) is 5.11 Å². The van der Waals surface area contributed by atoms with Gasteiger partial charge in [-0.3, -0.25) is 0 Å². The van der Waals surface area contributed by atoms with E-state index in [1.165, 1.54) is 25.5 Å². The molecule has 3 fully saturated rings. The molecule has 3 aliphatic carbocycles. The van der Waals surface area contributed by atoms with Crippen molar-refractivity contribution in [1.29, 1.82) is 0 Å². The van der Waals surface area contributed by atoms with Crippen LogP contribution in [0.5, 0.6) is 0 Å². The fourth-order valence-corrected chi connectivity index (χ4v) is 4.56. The lowest BCUT2D eigenvalue weighted by Crippen LogP contribution is -2.35. The molecule has 0 amide bonds. The van der Waals surface area contributed by atoms with Crippen molar-refractivity contribution in [2.75, 3.05) is 0 Å². The van der Waals surface area contributed by atoms with Gasteiger partial charge in [0.25, 0.3) is 0 Å². The normalized spacial score (nSPS) is 49.1. The van der Waals surface area contributed by atoms with E-state index in [-0.39, 0.29) is 18.5 Å². The van der Waals surface area contributed by atoms with Gasteiger partial charge in [0.2, 0.25) is 0 Å². The second-order valence-electron chi connectivity index (χ2n) is 5.85. The summed E-state index contributed by atoms with van der Waals surface area (Å²) in [7, 11) is 0. The Morgan fingerprint density at radius 1 is 1.29 bits per heavy atom. The van der Waals surface area contributed by atoms with E-state index >= 15 is 0 Å². The molecule has 0 radical (unpaired) electrons. The van der Waals surface area contributed by atoms with Gasteiger partial charge in [0.1, 0.15) is 0 Å². The van der Waals surface area contributed by atoms with Crippen molar-refractivity contribution < 1.29 is 14.6 Å². The third-order valence-corrected chi connectivity index (χ3v) is 5.07. The molecule has 3 saturated carbocycles. The lowest BCUT2D eigenvalue weighted by atomic mass is 9.81. The minimum absolute atomic E-state index is 0.0229. The first-order valence-corrected chi connectivity index (χ1v) is 6.80. The number of fused-ring (bicyclic) bond motifs is 5. The summed E-state index contributed by atoms with van der Waals surface area (Å²) < 4.78 is 11.1. The second kappa shape index (κ2) is 4.29. The highest BCUT2D eigenvalue weighted by Gasteiger charge is 2.57. The molecule has 0 spiro atoms. The lowest BCUT2D eigenvalue weighted by molar-refractivity contribution is -0.167. The van der Waals surface area contributed by atoms with Crippen LogP contribution < -0.4 is 0 Å². The maximum atomic E-state index is 10.2. The summed E-state index contributed by atoms with van der Waals surface area (Å²) in [6, 6.07) is 0. The molecular formula is C14H22O3. The van der Waals surface area contributed by atoms with Gasteiger partial charge in [-0.25, -0.2) is 0 Å². The molecule has 0 aliphatic heterocycles. The number of aliphatic hydroxyl groups excluding tert-OH is 1. The van der Waals surface area contributed by atoms with Crippen LogP contribution in [0, 0.1) is 23.7 Å². The van der Waals surface area contributed by atoms with E-state index in [0.29, 0.717) is 11.8 Å². The maximum absolute atomic E-state index is 10.2. The predicted octanol–water partition coefficient (Wildman–Crippen LogP) is 2.30. The summed E-state index contributed by atoms with van der Waals surface area (Å²) >= 11 is 0. The number of ether oxygens (including phenoxy) is 2. The average molecular weight is 238 g/mol. The zero-order chi connectivity index (χ0) is 12.0. The van der Waals surface area contributed by atoms with Crippen molar-refractivity contribution in [1.82, 2.24) is 0 Å². The first-order chi connectivity index (χ1) is 8.20. The van der Waals surface area contributed by atoms with Crippen LogP contribution in [0.4, 0.5) is 0 Å². The summed E-state index contributed by atoms with van der Waals surface area (Å²) in [4.78, 5) is 0. The zero-order valence-electron chi connectivity index (χ0n) is 10.4. The molecule has 0 aromatic carbocycles. The Labute approximate surface area is 103 Å². The monoisotopic (exact) mass is 238 g/mol. The average Bonchev–Trinajstić information content (AvgIpc) is 2.93. The summed E-state index contributed by atoms with van der Waals surface area (Å²) in [6.45, 7) is 5.40. The van der Waals surface area contributed by atoms with Crippen molar-refractivity contribution in [3.8, 4) is 0 Å². The fraction of sp³-hybridized carbons (Fsp3) is 0.857. The van der Waals surface area contributed by atoms with Gasteiger partial charge in [0, 0.05) is 0 Å². The third kappa shape index (κ3) is 1.80. The quantitative estimate of drug-likeness (QED) is 0.603. The predicted molar refractivity (Wildman–Crippen MR) is 64.1 cm³/mol. The topological polar surface area (TPSA) is 38.7 Å². The Morgan fingerprint density at radius 3 is 2.82 bits per heavy atom. The molecule has 0 heterocycles.